The zero-order chi connectivity index (χ0) is 15.1. The van der Waals surface area contributed by atoms with Gasteiger partial charge in [-0.3, -0.25) is 4.79 Å². The molecule has 0 bridgehead atoms. The lowest BCUT2D eigenvalue weighted by atomic mass is 10.2. The molecule has 1 rings (SSSR count). The van der Waals surface area contributed by atoms with Gasteiger partial charge in [-0.2, -0.15) is 0 Å². The van der Waals surface area contributed by atoms with Crippen LogP contribution in [0.25, 0.3) is 0 Å². The zero-order valence-corrected chi connectivity index (χ0v) is 13.2. The van der Waals surface area contributed by atoms with Crippen LogP contribution < -0.4 is 11.1 Å². The molecule has 0 aliphatic rings. The molecule has 0 saturated heterocycles. The van der Waals surface area contributed by atoms with Crippen LogP contribution in [0.4, 0.5) is 5.69 Å². The molecule has 0 saturated carbocycles. The molecule has 0 radical (unpaired) electrons. The van der Waals surface area contributed by atoms with Crippen molar-refractivity contribution in [3.63, 3.8) is 0 Å². The fraction of sp³-hybridized carbons (Fsp3) is 0.429. The largest absolute Gasteiger partial charge is 0.449 e. The summed E-state index contributed by atoms with van der Waals surface area (Å²) in [6.07, 6.45) is 1.06. The summed E-state index contributed by atoms with van der Waals surface area (Å²) >= 11 is 3.25. The third-order valence-electron chi connectivity index (χ3n) is 2.71. The first-order valence-electron chi connectivity index (χ1n) is 6.49. The maximum Gasteiger partial charge on any atom is 0.338 e. The summed E-state index contributed by atoms with van der Waals surface area (Å²) in [5.74, 6) is -0.862. The minimum absolute atomic E-state index is 0.295. The second kappa shape index (κ2) is 7.89. The second-order valence-electron chi connectivity index (χ2n) is 4.43. The number of anilines is 1. The Kier molecular flexibility index (Phi) is 6.51. The number of unbranched alkanes of at least 4 members (excludes halogenated alkanes) is 1. The fourth-order valence-corrected chi connectivity index (χ4v) is 1.73. The minimum atomic E-state index is -0.829. The van der Waals surface area contributed by atoms with E-state index >= 15 is 0 Å². The van der Waals surface area contributed by atoms with Crippen LogP contribution in [0.5, 0.6) is 0 Å². The molecule has 0 spiro atoms. The van der Waals surface area contributed by atoms with Crippen molar-refractivity contribution >= 4 is 33.5 Å². The van der Waals surface area contributed by atoms with Crippen molar-refractivity contribution in [2.75, 3.05) is 12.3 Å². The maximum absolute atomic E-state index is 11.9. The van der Waals surface area contributed by atoms with Gasteiger partial charge in [0.2, 0.25) is 0 Å². The van der Waals surface area contributed by atoms with E-state index in [1.54, 1.807) is 19.1 Å². The van der Waals surface area contributed by atoms with Crippen LogP contribution in [0.2, 0.25) is 0 Å². The van der Waals surface area contributed by atoms with Gasteiger partial charge in [0.1, 0.15) is 0 Å². The van der Waals surface area contributed by atoms with E-state index in [0.29, 0.717) is 22.3 Å². The molecule has 0 heterocycles. The van der Waals surface area contributed by atoms with E-state index < -0.39 is 12.1 Å². The number of amides is 1. The van der Waals surface area contributed by atoms with Gasteiger partial charge in [-0.25, -0.2) is 4.79 Å². The molecule has 1 amide bonds. The van der Waals surface area contributed by atoms with Gasteiger partial charge in [-0.05, 0) is 47.5 Å². The molecule has 110 valence electrons. The van der Waals surface area contributed by atoms with Gasteiger partial charge < -0.3 is 15.8 Å². The summed E-state index contributed by atoms with van der Waals surface area (Å²) in [6.45, 7) is 4.16. The lowest BCUT2D eigenvalue weighted by Gasteiger charge is -2.13. The number of hydrogen-bond acceptors (Lipinski definition) is 4. The molecule has 5 nitrogen and oxygen atoms in total. The monoisotopic (exact) mass is 342 g/mol. The topological polar surface area (TPSA) is 81.4 Å². The number of hydrogen-bond donors (Lipinski definition) is 2. The Bertz CT molecular complexity index is 491. The van der Waals surface area contributed by atoms with E-state index in [9.17, 15) is 9.59 Å². The van der Waals surface area contributed by atoms with E-state index in [1.807, 2.05) is 6.92 Å². The van der Waals surface area contributed by atoms with Gasteiger partial charge in [0.15, 0.2) is 6.10 Å². The molecule has 6 heteroatoms. The number of nitrogens with one attached hydrogen (secondary N) is 1. The Balaban J connectivity index is 2.56. The fourth-order valence-electron chi connectivity index (χ4n) is 1.48. The summed E-state index contributed by atoms with van der Waals surface area (Å²) < 4.78 is 5.81. The number of esters is 1. The van der Waals surface area contributed by atoms with Crippen LogP contribution in [0.3, 0.4) is 0 Å². The molecule has 1 aromatic carbocycles. The van der Waals surface area contributed by atoms with Crippen LogP contribution in [-0.2, 0) is 9.53 Å². The average Bonchev–Trinajstić information content (AvgIpc) is 2.41. The zero-order valence-electron chi connectivity index (χ0n) is 11.6. The molecular weight excluding hydrogens is 324 g/mol. The molecule has 3 N–H and O–H groups in total. The van der Waals surface area contributed by atoms with E-state index in [4.69, 9.17) is 10.5 Å². The predicted molar refractivity (Wildman–Crippen MR) is 81.3 cm³/mol. The number of benzene rings is 1. The van der Waals surface area contributed by atoms with Gasteiger partial charge in [-0.1, -0.05) is 13.3 Å². The van der Waals surface area contributed by atoms with Gasteiger partial charge in [0.25, 0.3) is 5.91 Å². The highest BCUT2D eigenvalue weighted by Gasteiger charge is 2.18. The van der Waals surface area contributed by atoms with Crippen LogP contribution >= 0.6 is 15.9 Å². The lowest BCUT2D eigenvalue weighted by molar-refractivity contribution is -0.129. The van der Waals surface area contributed by atoms with Crippen molar-refractivity contribution in [3.05, 3.63) is 28.2 Å². The highest BCUT2D eigenvalue weighted by atomic mass is 79.9. The smallest absolute Gasteiger partial charge is 0.338 e. The summed E-state index contributed by atoms with van der Waals surface area (Å²) in [6, 6.07) is 4.76. The Labute approximate surface area is 127 Å². The van der Waals surface area contributed by atoms with E-state index in [1.165, 1.54) is 6.07 Å². The Morgan fingerprint density at radius 3 is 2.75 bits per heavy atom. The summed E-state index contributed by atoms with van der Waals surface area (Å²) in [4.78, 5) is 23.6. The van der Waals surface area contributed by atoms with Crippen LogP contribution in [0.1, 0.15) is 37.0 Å². The van der Waals surface area contributed by atoms with E-state index in [-0.39, 0.29) is 5.91 Å². The molecule has 0 aromatic heterocycles. The molecule has 0 fully saturated rings. The predicted octanol–water partition coefficient (Wildman–Crippen LogP) is 2.49. The van der Waals surface area contributed by atoms with Gasteiger partial charge in [0, 0.05) is 16.7 Å². The first kappa shape index (κ1) is 16.5. The van der Waals surface area contributed by atoms with Crippen molar-refractivity contribution in [1.82, 2.24) is 5.32 Å². The Hall–Kier alpha value is -1.56. The van der Waals surface area contributed by atoms with E-state index in [2.05, 4.69) is 21.2 Å². The quantitative estimate of drug-likeness (QED) is 0.472. The number of ether oxygens (including phenoxy) is 1. The number of rotatable bonds is 6. The molecule has 20 heavy (non-hydrogen) atoms. The highest BCUT2D eigenvalue weighted by Crippen LogP contribution is 2.20. The summed E-state index contributed by atoms with van der Waals surface area (Å²) in [5.41, 5.74) is 6.46. The van der Waals surface area contributed by atoms with Gasteiger partial charge >= 0.3 is 5.97 Å². The van der Waals surface area contributed by atoms with Crippen molar-refractivity contribution < 1.29 is 14.3 Å². The standard InChI is InChI=1S/C14H19BrN2O3/c1-3-4-7-17-13(18)9(2)20-14(19)10-5-6-11(15)12(16)8-10/h5-6,8-9H,3-4,7,16H2,1-2H3,(H,17,18). The van der Waals surface area contributed by atoms with Crippen molar-refractivity contribution in [2.24, 2.45) is 0 Å². The maximum atomic E-state index is 11.9. The molecule has 0 aliphatic heterocycles. The Morgan fingerprint density at radius 1 is 1.45 bits per heavy atom. The van der Waals surface area contributed by atoms with Crippen LogP contribution in [0, 0.1) is 0 Å². The second-order valence-corrected chi connectivity index (χ2v) is 5.28. The number of carbonyl (C=O) groups is 2. The van der Waals surface area contributed by atoms with Gasteiger partial charge in [-0.15, -0.1) is 0 Å². The SMILES string of the molecule is CCCCNC(=O)C(C)OC(=O)c1ccc(Br)c(N)c1. The van der Waals surface area contributed by atoms with Crippen molar-refractivity contribution in [3.8, 4) is 0 Å². The van der Waals surface area contributed by atoms with Crippen LogP contribution in [0.15, 0.2) is 22.7 Å². The molecular formula is C14H19BrN2O3. The minimum Gasteiger partial charge on any atom is -0.449 e. The average molecular weight is 343 g/mol. The third-order valence-corrected chi connectivity index (χ3v) is 3.44. The molecule has 1 aromatic rings. The van der Waals surface area contributed by atoms with E-state index in [0.717, 1.165) is 12.8 Å². The number of carbonyl (C=O) groups excluding carboxylic acids is 2. The highest BCUT2D eigenvalue weighted by molar-refractivity contribution is 9.10. The van der Waals surface area contributed by atoms with Crippen molar-refractivity contribution in [1.29, 1.82) is 0 Å². The first-order chi connectivity index (χ1) is 9.45. The lowest BCUT2D eigenvalue weighted by Crippen LogP contribution is -2.36. The normalized spacial score (nSPS) is 11.8. The first-order valence-corrected chi connectivity index (χ1v) is 7.28. The third kappa shape index (κ3) is 4.85. The van der Waals surface area contributed by atoms with Gasteiger partial charge in [0.05, 0.1) is 5.56 Å². The summed E-state index contributed by atoms with van der Waals surface area (Å²) in [5, 5.41) is 2.71. The number of nitrogen functional groups attached to an aromatic ring is 1. The molecule has 1 atom stereocenters. The molecule has 1 unspecified atom stereocenters. The molecule has 0 aliphatic carbocycles. The van der Waals surface area contributed by atoms with Crippen LogP contribution in [-0.4, -0.2) is 24.5 Å². The van der Waals surface area contributed by atoms with Crippen molar-refractivity contribution in [2.45, 2.75) is 32.8 Å². The summed E-state index contributed by atoms with van der Waals surface area (Å²) in [7, 11) is 0. The Morgan fingerprint density at radius 2 is 2.15 bits per heavy atom. The number of nitrogens with two attached hydrogens (primary N) is 1. The number of halogens is 1.